The molecular weight excluding hydrogens is 774 g/mol. The fourth-order valence-corrected chi connectivity index (χ4v) is 9.32. The quantitative estimate of drug-likeness (QED) is 0.224. The second-order valence-electron chi connectivity index (χ2n) is 16.9. The van der Waals surface area contributed by atoms with Crippen LogP contribution in [-0.2, 0) is 16.1 Å². The predicted molar refractivity (Wildman–Crippen MR) is 213 cm³/mol. The molecular formula is C43H44FN9O7. The smallest absolute Gasteiger partial charge is 0.262 e. The molecule has 2 aromatic heterocycles. The van der Waals surface area contributed by atoms with Crippen LogP contribution < -0.4 is 20.3 Å². The third-order valence-electron chi connectivity index (χ3n) is 12.9. The topological polar surface area (TPSA) is 179 Å². The van der Waals surface area contributed by atoms with E-state index in [-0.39, 0.29) is 61.2 Å². The molecule has 0 radical (unpaired) electrons. The van der Waals surface area contributed by atoms with E-state index in [9.17, 15) is 28.8 Å². The summed E-state index contributed by atoms with van der Waals surface area (Å²) in [4.78, 5) is 89.3. The Morgan fingerprint density at radius 3 is 2.47 bits per heavy atom. The van der Waals surface area contributed by atoms with Crippen molar-refractivity contribution in [3.8, 4) is 5.75 Å². The van der Waals surface area contributed by atoms with Crippen LogP contribution >= 0.6 is 0 Å². The zero-order valence-electron chi connectivity index (χ0n) is 32.9. The number of hydrogen-bond donors (Lipinski definition) is 2. The minimum Gasteiger partial charge on any atom is -0.491 e. The van der Waals surface area contributed by atoms with Crippen molar-refractivity contribution in [2.24, 2.45) is 5.92 Å². The number of likely N-dealkylation sites (tertiary alicyclic amines) is 1. The number of alkyl halides is 1. The second kappa shape index (κ2) is 14.8. The van der Waals surface area contributed by atoms with Crippen molar-refractivity contribution in [3.63, 3.8) is 0 Å². The zero-order valence-corrected chi connectivity index (χ0v) is 32.9. The summed E-state index contributed by atoms with van der Waals surface area (Å²) in [5.41, 5.74) is 2.35. The summed E-state index contributed by atoms with van der Waals surface area (Å²) in [6, 6.07) is 9.28. The number of carbonyl (C=O) groups is 6. The number of carbonyl (C=O) groups excluding carboxylic acids is 6. The summed E-state index contributed by atoms with van der Waals surface area (Å²) in [6.45, 7) is 3.35. The summed E-state index contributed by atoms with van der Waals surface area (Å²) < 4.78 is 24.2. The molecule has 2 N–H and O–H groups in total. The van der Waals surface area contributed by atoms with Crippen LogP contribution in [0.2, 0.25) is 0 Å². The first-order valence-electron chi connectivity index (χ1n) is 20.7. The molecule has 3 saturated heterocycles. The van der Waals surface area contributed by atoms with Gasteiger partial charge in [-0.3, -0.25) is 39.0 Å². The fourth-order valence-electron chi connectivity index (χ4n) is 9.32. The van der Waals surface area contributed by atoms with Gasteiger partial charge in [0, 0.05) is 88.2 Å². The number of ether oxygens (including phenoxy) is 1. The highest BCUT2D eigenvalue weighted by Crippen LogP contribution is 2.39. The number of fused-ring (bicyclic) bond motifs is 3. The second-order valence-corrected chi connectivity index (χ2v) is 16.9. The molecule has 1 unspecified atom stereocenters. The van der Waals surface area contributed by atoms with Crippen molar-refractivity contribution < 1.29 is 37.9 Å². The van der Waals surface area contributed by atoms with Gasteiger partial charge in [-0.25, -0.2) is 13.9 Å². The maximum Gasteiger partial charge on any atom is 0.262 e. The lowest BCUT2D eigenvalue weighted by Gasteiger charge is -2.43. The van der Waals surface area contributed by atoms with Gasteiger partial charge in [-0.1, -0.05) is 0 Å². The number of halogens is 1. The third-order valence-corrected chi connectivity index (χ3v) is 12.9. The lowest BCUT2D eigenvalue weighted by atomic mass is 9.91. The van der Waals surface area contributed by atoms with Crippen LogP contribution in [0.15, 0.2) is 55.0 Å². The molecule has 310 valence electrons. The Morgan fingerprint density at radius 1 is 0.917 bits per heavy atom. The normalized spacial score (nSPS) is 22.1. The Morgan fingerprint density at radius 2 is 1.70 bits per heavy atom. The highest BCUT2D eigenvalue weighted by molar-refractivity contribution is 6.23. The van der Waals surface area contributed by atoms with E-state index in [1.165, 1.54) is 10.7 Å². The Labute approximate surface area is 344 Å². The van der Waals surface area contributed by atoms with E-state index < -0.39 is 35.3 Å². The molecule has 2 aromatic carbocycles. The van der Waals surface area contributed by atoms with Gasteiger partial charge in [0.05, 0.1) is 29.6 Å². The van der Waals surface area contributed by atoms with E-state index in [4.69, 9.17) is 4.74 Å². The summed E-state index contributed by atoms with van der Waals surface area (Å²) in [5, 5.41) is 9.45. The maximum absolute atomic E-state index is 16.4. The van der Waals surface area contributed by atoms with Gasteiger partial charge in [0.25, 0.3) is 23.6 Å². The van der Waals surface area contributed by atoms with Crippen LogP contribution in [0.5, 0.6) is 5.75 Å². The molecule has 6 aliphatic rings. The largest absolute Gasteiger partial charge is 0.491 e. The van der Waals surface area contributed by atoms with E-state index in [0.717, 1.165) is 23.3 Å². The number of rotatable bonds is 10. The number of imide groups is 2. The molecule has 0 spiro atoms. The van der Waals surface area contributed by atoms with Gasteiger partial charge < -0.3 is 24.8 Å². The molecule has 17 heteroatoms. The molecule has 16 nitrogen and oxygen atoms in total. The summed E-state index contributed by atoms with van der Waals surface area (Å²) in [6.07, 6.45) is 9.10. The van der Waals surface area contributed by atoms with Gasteiger partial charge in [0.2, 0.25) is 11.8 Å². The van der Waals surface area contributed by atoms with E-state index in [1.54, 1.807) is 42.7 Å². The first-order valence-corrected chi connectivity index (χ1v) is 20.7. The van der Waals surface area contributed by atoms with Crippen LogP contribution in [0.4, 0.5) is 15.8 Å². The molecule has 5 aliphatic heterocycles. The maximum atomic E-state index is 16.4. The minimum absolute atomic E-state index is 0.0161. The summed E-state index contributed by atoms with van der Waals surface area (Å²) in [5.74, 6) is -1.73. The van der Waals surface area contributed by atoms with Crippen molar-refractivity contribution in [1.82, 2.24) is 34.6 Å². The summed E-state index contributed by atoms with van der Waals surface area (Å²) in [7, 11) is 0. The number of anilines is 2. The summed E-state index contributed by atoms with van der Waals surface area (Å²) >= 11 is 0. The standard InChI is InChI=1S/C43H44FN9O7/c44-43(10-16-50(17-11-43)28-4-5-29-31(19-28)42(59)53(41(29)58)34-6-7-36(54)48-39(34)56)24-49-14-8-27(9-15-49)51-22-26-18-33(35(20-30(26)40(51)57)60-23-25-2-3-25)47-38(55)32-21-46-52-13-1-12-45-37(32)52/h1,4-5,12-13,18-21,25,27,34H,2-3,6-11,14-17,22-24H2,(H,47,55)(H,48,54,56). The molecule has 0 bridgehead atoms. The molecule has 1 aliphatic carbocycles. The predicted octanol–water partition coefficient (Wildman–Crippen LogP) is 3.60. The number of nitrogens with one attached hydrogen (secondary N) is 2. The number of hydrogen-bond acceptors (Lipinski definition) is 11. The Balaban J connectivity index is 0.748. The van der Waals surface area contributed by atoms with Crippen LogP contribution in [-0.4, -0.2) is 122 Å². The van der Waals surface area contributed by atoms with Gasteiger partial charge in [-0.2, -0.15) is 5.10 Å². The Hall–Kier alpha value is -6.23. The lowest BCUT2D eigenvalue weighted by molar-refractivity contribution is -0.136. The Bertz CT molecular complexity index is 2470. The lowest BCUT2D eigenvalue weighted by Crippen LogP contribution is -2.54. The molecule has 4 fully saturated rings. The molecule has 1 atom stereocenters. The van der Waals surface area contributed by atoms with Crippen molar-refractivity contribution in [1.29, 1.82) is 0 Å². The molecule has 60 heavy (non-hydrogen) atoms. The van der Waals surface area contributed by atoms with Crippen LogP contribution in [0.25, 0.3) is 5.65 Å². The third kappa shape index (κ3) is 6.93. The van der Waals surface area contributed by atoms with Crippen molar-refractivity contribution in [3.05, 3.63) is 82.8 Å². The Kier molecular flexibility index (Phi) is 9.37. The van der Waals surface area contributed by atoms with Crippen LogP contribution in [0.3, 0.4) is 0 Å². The minimum atomic E-state index is -1.41. The van der Waals surface area contributed by atoms with Gasteiger partial charge in [-0.15, -0.1) is 0 Å². The molecule has 10 rings (SSSR count). The SMILES string of the molecule is O=C1CCC(N2C(=O)c3ccc(N4CCC(F)(CN5CCC(N6Cc7cc(NC(=O)c8cnn9cccnc89)c(OCC8CC8)cc7C6=O)CC5)CC4)cc3C2=O)C(=O)N1. The van der Waals surface area contributed by atoms with Crippen LogP contribution in [0, 0.1) is 5.92 Å². The van der Waals surface area contributed by atoms with E-state index in [2.05, 4.69) is 25.6 Å². The van der Waals surface area contributed by atoms with Gasteiger partial charge in [-0.05, 0) is 80.0 Å². The first-order chi connectivity index (χ1) is 29.0. The van der Waals surface area contributed by atoms with Crippen molar-refractivity contribution in [2.75, 3.05) is 49.5 Å². The zero-order chi connectivity index (χ0) is 41.3. The highest BCUT2D eigenvalue weighted by Gasteiger charge is 2.45. The molecule has 7 heterocycles. The van der Waals surface area contributed by atoms with E-state index in [1.807, 2.05) is 15.9 Å². The number of benzene rings is 2. The van der Waals surface area contributed by atoms with Crippen molar-refractivity contribution >= 4 is 52.5 Å². The van der Waals surface area contributed by atoms with Crippen LogP contribution in [0.1, 0.15) is 98.4 Å². The average molecular weight is 818 g/mol. The average Bonchev–Trinajstić information content (AvgIpc) is 3.81. The first kappa shape index (κ1) is 38.0. The highest BCUT2D eigenvalue weighted by atomic mass is 19.1. The van der Waals surface area contributed by atoms with E-state index >= 15 is 4.39 Å². The molecule has 1 saturated carbocycles. The van der Waals surface area contributed by atoms with Gasteiger partial charge in [0.15, 0.2) is 5.65 Å². The molecule has 6 amide bonds. The van der Waals surface area contributed by atoms with E-state index in [0.29, 0.717) is 92.0 Å². The number of amides is 6. The number of aromatic nitrogens is 3. The fraction of sp³-hybridized carbons (Fsp3) is 0.442. The monoisotopic (exact) mass is 817 g/mol. The number of nitrogens with zero attached hydrogens (tertiary/aromatic N) is 7. The number of piperidine rings is 3. The van der Waals surface area contributed by atoms with Crippen molar-refractivity contribution in [2.45, 2.75) is 75.7 Å². The molecule has 4 aromatic rings. The van der Waals surface area contributed by atoms with Gasteiger partial charge in [0.1, 0.15) is 23.0 Å². The van der Waals surface area contributed by atoms with Gasteiger partial charge >= 0.3 is 0 Å².